The summed E-state index contributed by atoms with van der Waals surface area (Å²) in [6.45, 7) is 0.404. The van der Waals surface area contributed by atoms with Gasteiger partial charge in [-0.1, -0.05) is 24.3 Å². The molecule has 1 N–H and O–H groups in total. The van der Waals surface area contributed by atoms with Crippen LogP contribution in [0.2, 0.25) is 0 Å². The molecule has 0 unspecified atom stereocenters. The molecule has 0 aliphatic carbocycles. The van der Waals surface area contributed by atoms with E-state index in [0.29, 0.717) is 28.5 Å². The molecule has 1 aliphatic rings. The Bertz CT molecular complexity index is 1180. The van der Waals surface area contributed by atoms with Crippen molar-refractivity contribution in [1.82, 2.24) is 4.98 Å². The van der Waals surface area contributed by atoms with E-state index in [0.717, 1.165) is 18.4 Å². The number of nitrogens with one attached hydrogen (secondary N) is 1. The summed E-state index contributed by atoms with van der Waals surface area (Å²) in [6, 6.07) is 17.3. The van der Waals surface area contributed by atoms with Crippen molar-refractivity contribution < 1.29 is 13.2 Å². The fourth-order valence-electron chi connectivity index (χ4n) is 3.51. The van der Waals surface area contributed by atoms with Gasteiger partial charge in [0.25, 0.3) is 15.9 Å². The number of hydrogen-bond acceptors (Lipinski definition) is 5. The standard InChI is InChI=1S/C22H21N3O3S2/c1-29-22-19(10-5-13-23-22)21(26)24-17-12-11-16-7-6-14-25(20(16)15-17)30(27,28)18-8-3-2-4-9-18/h2-5,8-13,15H,6-7,14H2,1H3,(H,24,26). The lowest BCUT2D eigenvalue weighted by Crippen LogP contribution is -2.35. The second kappa shape index (κ2) is 8.49. The van der Waals surface area contributed by atoms with Crippen LogP contribution in [0.4, 0.5) is 11.4 Å². The van der Waals surface area contributed by atoms with Crippen LogP contribution in [-0.4, -0.2) is 32.1 Å². The van der Waals surface area contributed by atoms with Crippen molar-refractivity contribution in [2.24, 2.45) is 0 Å². The average Bonchev–Trinajstić information content (AvgIpc) is 2.79. The maximum atomic E-state index is 13.2. The van der Waals surface area contributed by atoms with Crippen LogP contribution in [0, 0.1) is 0 Å². The summed E-state index contributed by atoms with van der Waals surface area (Å²) >= 11 is 1.40. The number of anilines is 2. The van der Waals surface area contributed by atoms with Gasteiger partial charge in [-0.05, 0) is 61.1 Å². The number of nitrogens with zero attached hydrogens (tertiary/aromatic N) is 2. The van der Waals surface area contributed by atoms with E-state index in [2.05, 4.69) is 10.3 Å². The van der Waals surface area contributed by atoms with Crippen LogP contribution >= 0.6 is 11.8 Å². The van der Waals surface area contributed by atoms with Crippen LogP contribution < -0.4 is 9.62 Å². The van der Waals surface area contributed by atoms with Crippen molar-refractivity contribution in [3.05, 3.63) is 78.0 Å². The molecular weight excluding hydrogens is 418 g/mol. The normalized spacial score (nSPS) is 13.6. The fraction of sp³-hybridized carbons (Fsp3) is 0.182. The molecule has 2 heterocycles. The first-order valence-electron chi connectivity index (χ1n) is 9.52. The average molecular weight is 440 g/mol. The highest BCUT2D eigenvalue weighted by Crippen LogP contribution is 2.34. The maximum Gasteiger partial charge on any atom is 0.264 e. The van der Waals surface area contributed by atoms with Gasteiger partial charge in [-0.15, -0.1) is 11.8 Å². The van der Waals surface area contributed by atoms with E-state index in [9.17, 15) is 13.2 Å². The lowest BCUT2D eigenvalue weighted by Gasteiger charge is -2.31. The summed E-state index contributed by atoms with van der Waals surface area (Å²) in [7, 11) is -3.68. The van der Waals surface area contributed by atoms with Crippen molar-refractivity contribution in [2.45, 2.75) is 22.8 Å². The van der Waals surface area contributed by atoms with E-state index in [1.54, 1.807) is 54.7 Å². The number of amides is 1. The molecule has 0 saturated heterocycles. The van der Waals surface area contributed by atoms with Gasteiger partial charge in [0.15, 0.2) is 0 Å². The Hall–Kier alpha value is -2.84. The van der Waals surface area contributed by atoms with Crippen LogP contribution in [-0.2, 0) is 16.4 Å². The van der Waals surface area contributed by atoms with Crippen LogP contribution in [0.25, 0.3) is 0 Å². The quantitative estimate of drug-likeness (QED) is 0.603. The monoisotopic (exact) mass is 439 g/mol. The van der Waals surface area contributed by atoms with Crippen molar-refractivity contribution >= 4 is 39.1 Å². The molecule has 154 valence electrons. The number of sulfonamides is 1. The van der Waals surface area contributed by atoms with Gasteiger partial charge in [0.05, 0.1) is 16.1 Å². The summed E-state index contributed by atoms with van der Waals surface area (Å²) in [6.07, 6.45) is 5.05. The minimum Gasteiger partial charge on any atom is -0.322 e. The smallest absolute Gasteiger partial charge is 0.264 e. The van der Waals surface area contributed by atoms with Gasteiger partial charge in [0, 0.05) is 18.4 Å². The molecule has 6 nitrogen and oxygen atoms in total. The zero-order chi connectivity index (χ0) is 21.1. The lowest BCUT2D eigenvalue weighted by atomic mass is 10.0. The zero-order valence-corrected chi connectivity index (χ0v) is 18.0. The highest BCUT2D eigenvalue weighted by atomic mass is 32.2. The first-order valence-corrected chi connectivity index (χ1v) is 12.2. The summed E-state index contributed by atoms with van der Waals surface area (Å²) in [5.41, 5.74) is 2.59. The Balaban J connectivity index is 1.67. The second-order valence-corrected chi connectivity index (χ2v) is 9.51. The highest BCUT2D eigenvalue weighted by Gasteiger charge is 2.29. The number of carbonyl (C=O) groups is 1. The van der Waals surface area contributed by atoms with E-state index in [4.69, 9.17) is 0 Å². The van der Waals surface area contributed by atoms with Gasteiger partial charge in [-0.2, -0.15) is 0 Å². The third-order valence-corrected chi connectivity index (χ3v) is 7.50. The molecule has 0 bridgehead atoms. The van der Waals surface area contributed by atoms with Gasteiger partial charge in [-0.25, -0.2) is 13.4 Å². The molecule has 3 aromatic rings. The summed E-state index contributed by atoms with van der Waals surface area (Å²) < 4.78 is 27.9. The molecule has 1 aromatic heterocycles. The molecule has 1 aliphatic heterocycles. The Morgan fingerprint density at radius 3 is 2.67 bits per heavy atom. The largest absolute Gasteiger partial charge is 0.322 e. The third-order valence-electron chi connectivity index (χ3n) is 4.96. The van der Waals surface area contributed by atoms with Gasteiger partial charge in [0.2, 0.25) is 0 Å². The Labute approximate surface area is 180 Å². The molecule has 0 atom stereocenters. The van der Waals surface area contributed by atoms with E-state index in [1.165, 1.54) is 16.1 Å². The van der Waals surface area contributed by atoms with Crippen molar-refractivity contribution in [3.8, 4) is 0 Å². The molecule has 8 heteroatoms. The molecule has 0 spiro atoms. The Morgan fingerprint density at radius 1 is 1.10 bits per heavy atom. The number of benzene rings is 2. The van der Waals surface area contributed by atoms with Crippen LogP contribution in [0.5, 0.6) is 0 Å². The maximum absolute atomic E-state index is 13.2. The van der Waals surface area contributed by atoms with Crippen molar-refractivity contribution in [2.75, 3.05) is 22.4 Å². The number of aromatic nitrogens is 1. The topological polar surface area (TPSA) is 79.4 Å². The SMILES string of the molecule is CSc1ncccc1C(=O)Nc1ccc2c(c1)N(S(=O)(=O)c1ccccc1)CCC2. The number of carbonyl (C=O) groups excluding carboxylic acids is 1. The minimum absolute atomic E-state index is 0.257. The van der Waals surface area contributed by atoms with Gasteiger partial charge in [-0.3, -0.25) is 9.10 Å². The first kappa shape index (κ1) is 20.4. The van der Waals surface area contributed by atoms with Crippen LogP contribution in [0.15, 0.2) is 76.8 Å². The molecule has 0 fully saturated rings. The summed E-state index contributed by atoms with van der Waals surface area (Å²) in [5.74, 6) is -0.277. The molecule has 30 heavy (non-hydrogen) atoms. The fourth-order valence-corrected chi connectivity index (χ4v) is 5.61. The van der Waals surface area contributed by atoms with E-state index < -0.39 is 10.0 Å². The molecule has 0 saturated carbocycles. The van der Waals surface area contributed by atoms with E-state index in [1.807, 2.05) is 18.4 Å². The molecule has 2 aromatic carbocycles. The molecule has 1 amide bonds. The molecular formula is C22H21N3O3S2. The Morgan fingerprint density at radius 2 is 1.90 bits per heavy atom. The minimum atomic E-state index is -3.68. The number of aryl methyl sites for hydroxylation is 1. The number of rotatable bonds is 5. The van der Waals surface area contributed by atoms with E-state index in [-0.39, 0.29) is 10.8 Å². The van der Waals surface area contributed by atoms with Crippen molar-refractivity contribution in [1.29, 1.82) is 0 Å². The highest BCUT2D eigenvalue weighted by molar-refractivity contribution is 7.98. The molecule has 0 radical (unpaired) electrons. The molecule has 4 rings (SSSR count). The lowest BCUT2D eigenvalue weighted by molar-refractivity contribution is 0.102. The Kier molecular flexibility index (Phi) is 5.78. The summed E-state index contributed by atoms with van der Waals surface area (Å²) in [5, 5.41) is 3.52. The van der Waals surface area contributed by atoms with Gasteiger partial charge < -0.3 is 5.32 Å². The summed E-state index contributed by atoms with van der Waals surface area (Å²) in [4.78, 5) is 17.2. The predicted molar refractivity (Wildman–Crippen MR) is 120 cm³/mol. The predicted octanol–water partition coefficient (Wildman–Crippen LogP) is 4.20. The number of hydrogen-bond donors (Lipinski definition) is 1. The van der Waals surface area contributed by atoms with E-state index >= 15 is 0 Å². The number of pyridine rings is 1. The van der Waals surface area contributed by atoms with Crippen LogP contribution in [0.1, 0.15) is 22.3 Å². The van der Waals surface area contributed by atoms with Crippen molar-refractivity contribution in [3.63, 3.8) is 0 Å². The van der Waals surface area contributed by atoms with Gasteiger partial charge >= 0.3 is 0 Å². The number of thioether (sulfide) groups is 1. The zero-order valence-electron chi connectivity index (χ0n) is 16.4. The number of fused-ring (bicyclic) bond motifs is 1. The van der Waals surface area contributed by atoms with Crippen LogP contribution in [0.3, 0.4) is 0 Å². The van der Waals surface area contributed by atoms with Gasteiger partial charge in [0.1, 0.15) is 5.03 Å². The first-order chi connectivity index (χ1) is 14.5. The second-order valence-electron chi connectivity index (χ2n) is 6.85. The third kappa shape index (κ3) is 3.93.